The number of likely N-dealkylation sites (tertiary alicyclic amines) is 1. The van der Waals surface area contributed by atoms with Gasteiger partial charge in [-0.15, -0.1) is 0 Å². The summed E-state index contributed by atoms with van der Waals surface area (Å²) in [4.78, 5) is 18.8. The van der Waals surface area contributed by atoms with Crippen LogP contribution in [0, 0.1) is 17.3 Å². The van der Waals surface area contributed by atoms with Crippen molar-refractivity contribution in [3.05, 3.63) is 0 Å². The van der Waals surface area contributed by atoms with Crippen LogP contribution in [0.5, 0.6) is 0 Å². The molecule has 0 radical (unpaired) electrons. The van der Waals surface area contributed by atoms with Crippen molar-refractivity contribution in [2.75, 3.05) is 19.7 Å². The molecular weight excluding hydrogens is 256 g/mol. The number of rotatable bonds is 3. The molecule has 0 bridgehead atoms. The van der Waals surface area contributed by atoms with Gasteiger partial charge < -0.3 is 14.5 Å². The molecule has 0 aromatic carbocycles. The van der Waals surface area contributed by atoms with E-state index in [9.17, 15) is 4.79 Å². The van der Waals surface area contributed by atoms with E-state index in [2.05, 4.69) is 20.8 Å². The second-order valence-electron chi connectivity index (χ2n) is 7.60. The van der Waals surface area contributed by atoms with Gasteiger partial charge in [-0.3, -0.25) is 0 Å². The Hall–Kier alpha value is -0.810. The molecule has 0 aromatic heterocycles. The summed E-state index contributed by atoms with van der Waals surface area (Å²) in [5.74, 6) is 6.12. The maximum Gasteiger partial charge on any atom is 0.410 e. The van der Waals surface area contributed by atoms with Crippen LogP contribution in [0.2, 0.25) is 0 Å². The molecule has 20 heavy (non-hydrogen) atoms. The maximum atomic E-state index is 12.1. The van der Waals surface area contributed by atoms with E-state index in [4.69, 9.17) is 15.5 Å². The molecule has 0 aliphatic carbocycles. The number of nitrogens with two attached hydrogens (primary N) is 1. The molecule has 0 aromatic rings. The second kappa shape index (κ2) is 6.31. The maximum absolute atomic E-state index is 12.1. The van der Waals surface area contributed by atoms with Crippen LogP contribution in [0.3, 0.4) is 0 Å². The lowest BCUT2D eigenvalue weighted by molar-refractivity contribution is -0.0283. The van der Waals surface area contributed by atoms with Crippen LogP contribution in [0.25, 0.3) is 0 Å². The van der Waals surface area contributed by atoms with Gasteiger partial charge in [0.15, 0.2) is 0 Å². The molecule has 1 rings (SSSR count). The minimum absolute atomic E-state index is 0.0220. The third-order valence-electron chi connectivity index (χ3n) is 4.02. The number of piperidine rings is 1. The summed E-state index contributed by atoms with van der Waals surface area (Å²) < 4.78 is 5.44. The minimum atomic E-state index is -0.441. The first-order valence-corrected chi connectivity index (χ1v) is 7.36. The van der Waals surface area contributed by atoms with Crippen molar-refractivity contribution in [1.29, 1.82) is 0 Å². The Morgan fingerprint density at radius 3 is 2.35 bits per heavy atom. The first-order chi connectivity index (χ1) is 9.07. The highest BCUT2D eigenvalue weighted by Gasteiger charge is 2.39. The van der Waals surface area contributed by atoms with E-state index in [0.717, 1.165) is 19.5 Å². The molecule has 1 fully saturated rings. The predicted octanol–water partition coefficient (Wildman–Crippen LogP) is 2.80. The van der Waals surface area contributed by atoms with Gasteiger partial charge in [0.25, 0.3) is 0 Å². The molecule has 1 saturated heterocycles. The van der Waals surface area contributed by atoms with Crippen molar-refractivity contribution in [2.45, 2.75) is 53.6 Å². The summed E-state index contributed by atoms with van der Waals surface area (Å²) in [6, 6.07) is 0. The monoisotopic (exact) mass is 286 g/mol. The van der Waals surface area contributed by atoms with Gasteiger partial charge in [-0.1, -0.05) is 20.8 Å². The molecule has 0 saturated carbocycles. The minimum Gasteiger partial charge on any atom is -0.444 e. The molecule has 1 aliphatic rings. The number of hydrogen-bond acceptors (Lipinski definition) is 4. The molecule has 0 spiro atoms. The molecule has 1 aliphatic heterocycles. The van der Waals surface area contributed by atoms with Crippen molar-refractivity contribution in [2.24, 2.45) is 23.1 Å². The summed E-state index contributed by atoms with van der Waals surface area (Å²) in [5.41, 5.74) is -0.419. The van der Waals surface area contributed by atoms with Gasteiger partial charge in [-0.05, 0) is 44.4 Å². The number of nitrogens with zero attached hydrogens (tertiary/aromatic N) is 1. The van der Waals surface area contributed by atoms with Crippen LogP contribution in [-0.2, 0) is 9.57 Å². The summed E-state index contributed by atoms with van der Waals surface area (Å²) in [6.07, 6.45) is 0.743. The number of hydrogen-bond donors (Lipinski definition) is 1. The van der Waals surface area contributed by atoms with E-state index in [1.165, 1.54) is 0 Å². The molecule has 5 heteroatoms. The van der Waals surface area contributed by atoms with Crippen molar-refractivity contribution in [3.8, 4) is 0 Å². The average Bonchev–Trinajstić information content (AvgIpc) is 2.25. The molecular formula is C15H30N2O3. The fourth-order valence-corrected chi connectivity index (χ4v) is 3.12. The van der Waals surface area contributed by atoms with E-state index in [1.807, 2.05) is 25.7 Å². The largest absolute Gasteiger partial charge is 0.444 e. The zero-order chi connectivity index (χ0) is 15.6. The third-order valence-corrected chi connectivity index (χ3v) is 4.02. The van der Waals surface area contributed by atoms with Crippen LogP contribution in [0.15, 0.2) is 0 Å². The van der Waals surface area contributed by atoms with Crippen LogP contribution < -0.4 is 5.90 Å². The van der Waals surface area contributed by atoms with E-state index in [0.29, 0.717) is 18.4 Å². The van der Waals surface area contributed by atoms with E-state index in [1.54, 1.807) is 0 Å². The highest BCUT2D eigenvalue weighted by molar-refractivity contribution is 5.68. The van der Waals surface area contributed by atoms with Gasteiger partial charge in [0.05, 0.1) is 6.61 Å². The lowest BCUT2D eigenvalue weighted by Gasteiger charge is -2.44. The number of ether oxygens (including phenoxy) is 1. The quantitative estimate of drug-likeness (QED) is 0.810. The van der Waals surface area contributed by atoms with E-state index >= 15 is 0 Å². The van der Waals surface area contributed by atoms with E-state index < -0.39 is 5.60 Å². The number of amides is 1. The Morgan fingerprint density at radius 2 is 1.90 bits per heavy atom. The van der Waals surface area contributed by atoms with Crippen molar-refractivity contribution < 1.29 is 14.4 Å². The Balaban J connectivity index is 2.61. The third kappa shape index (κ3) is 4.63. The highest BCUT2D eigenvalue weighted by Crippen LogP contribution is 2.38. The van der Waals surface area contributed by atoms with Gasteiger partial charge >= 0.3 is 6.09 Å². The zero-order valence-electron chi connectivity index (χ0n) is 13.7. The number of carbonyl (C=O) groups is 1. The second-order valence-corrected chi connectivity index (χ2v) is 7.60. The fraction of sp³-hybridized carbons (Fsp3) is 0.933. The lowest BCUT2D eigenvalue weighted by Crippen LogP contribution is -2.49. The topological polar surface area (TPSA) is 64.8 Å². The Bertz CT molecular complexity index is 337. The van der Waals surface area contributed by atoms with Crippen molar-refractivity contribution in [3.63, 3.8) is 0 Å². The van der Waals surface area contributed by atoms with E-state index in [-0.39, 0.29) is 11.5 Å². The van der Waals surface area contributed by atoms with Gasteiger partial charge in [0.2, 0.25) is 0 Å². The normalized spacial score (nSPS) is 24.6. The Morgan fingerprint density at radius 1 is 1.30 bits per heavy atom. The average molecular weight is 286 g/mol. The molecule has 1 heterocycles. The van der Waals surface area contributed by atoms with Gasteiger partial charge in [-0.2, -0.15) is 0 Å². The number of carbonyl (C=O) groups excluding carboxylic acids is 1. The molecule has 1 amide bonds. The first-order valence-electron chi connectivity index (χ1n) is 7.36. The lowest BCUT2D eigenvalue weighted by atomic mass is 9.69. The summed E-state index contributed by atoms with van der Waals surface area (Å²) in [6.45, 7) is 14.2. The van der Waals surface area contributed by atoms with Crippen molar-refractivity contribution in [1.82, 2.24) is 4.90 Å². The molecule has 118 valence electrons. The highest BCUT2D eigenvalue weighted by atomic mass is 16.6. The predicted molar refractivity (Wildman–Crippen MR) is 79.0 cm³/mol. The van der Waals surface area contributed by atoms with Crippen LogP contribution in [-0.4, -0.2) is 36.3 Å². The van der Waals surface area contributed by atoms with Gasteiger partial charge in [0.1, 0.15) is 5.60 Å². The van der Waals surface area contributed by atoms with Crippen LogP contribution >= 0.6 is 0 Å². The molecule has 2 N–H and O–H groups in total. The van der Waals surface area contributed by atoms with Gasteiger partial charge in [-0.25, -0.2) is 10.7 Å². The summed E-state index contributed by atoms with van der Waals surface area (Å²) in [7, 11) is 0. The smallest absolute Gasteiger partial charge is 0.410 e. The SMILES string of the molecule is CC1CN(C(=O)OC(C)(C)C)CCC1C(C)(C)CON. The first kappa shape index (κ1) is 17.2. The Labute approximate surface area is 122 Å². The van der Waals surface area contributed by atoms with Crippen LogP contribution in [0.4, 0.5) is 4.79 Å². The molecule has 5 nitrogen and oxygen atoms in total. The summed E-state index contributed by atoms with van der Waals surface area (Å²) >= 11 is 0. The zero-order valence-corrected chi connectivity index (χ0v) is 13.7. The standard InChI is InChI=1S/C15H30N2O3/c1-11-9-17(13(18)20-14(2,3)4)8-7-12(11)15(5,6)10-19-16/h11-12H,7-10,16H2,1-6H3. The molecule has 2 atom stereocenters. The van der Waals surface area contributed by atoms with Crippen molar-refractivity contribution >= 4 is 6.09 Å². The summed E-state index contributed by atoms with van der Waals surface area (Å²) in [5, 5.41) is 0. The Kier molecular flexibility index (Phi) is 5.44. The molecule has 2 unspecified atom stereocenters. The van der Waals surface area contributed by atoms with Gasteiger partial charge in [0, 0.05) is 13.1 Å². The fourth-order valence-electron chi connectivity index (χ4n) is 3.12. The van der Waals surface area contributed by atoms with Crippen LogP contribution in [0.1, 0.15) is 48.0 Å².